The highest BCUT2D eigenvalue weighted by Gasteiger charge is 2.36. The lowest BCUT2D eigenvalue weighted by atomic mass is 10.1. The van der Waals surface area contributed by atoms with Crippen LogP contribution in [0.25, 0.3) is 11.5 Å². The van der Waals surface area contributed by atoms with Crippen molar-refractivity contribution in [1.29, 1.82) is 0 Å². The van der Waals surface area contributed by atoms with Crippen molar-refractivity contribution in [3.63, 3.8) is 0 Å². The quantitative estimate of drug-likeness (QED) is 0.427. The van der Waals surface area contributed by atoms with E-state index in [0.29, 0.717) is 28.6 Å². The molecule has 0 unspecified atom stereocenters. The molecule has 0 saturated heterocycles. The Bertz CT molecular complexity index is 1350. The molecule has 0 atom stereocenters. The summed E-state index contributed by atoms with van der Waals surface area (Å²) in [5, 5.41) is 4.72. The summed E-state index contributed by atoms with van der Waals surface area (Å²) in [4.78, 5) is 41.7. The van der Waals surface area contributed by atoms with Gasteiger partial charge in [-0.1, -0.05) is 59.8 Å². The van der Waals surface area contributed by atoms with Gasteiger partial charge in [-0.15, -0.1) is 0 Å². The summed E-state index contributed by atoms with van der Waals surface area (Å²) in [5.41, 5.74) is 4.34. The van der Waals surface area contributed by atoms with E-state index in [4.69, 9.17) is 9.26 Å². The van der Waals surface area contributed by atoms with Crippen molar-refractivity contribution < 1.29 is 23.6 Å². The van der Waals surface area contributed by atoms with Crippen LogP contribution in [0.15, 0.2) is 83.4 Å². The van der Waals surface area contributed by atoms with Crippen LogP contribution < -0.4 is 10.2 Å². The van der Waals surface area contributed by atoms with Crippen LogP contribution in [0.5, 0.6) is 5.75 Å². The van der Waals surface area contributed by atoms with Gasteiger partial charge in [0, 0.05) is 6.42 Å². The average Bonchev–Trinajstić information content (AvgIpc) is 3.42. The van der Waals surface area contributed by atoms with Crippen LogP contribution in [0.3, 0.4) is 0 Å². The van der Waals surface area contributed by atoms with Crippen molar-refractivity contribution in [2.45, 2.75) is 6.42 Å². The highest BCUT2D eigenvalue weighted by molar-refractivity contribution is 6.21. The molecule has 1 N–H and O–H groups in total. The molecule has 0 saturated carbocycles. The number of amides is 3. The first kappa shape index (κ1) is 21.1. The van der Waals surface area contributed by atoms with Gasteiger partial charge in [-0.2, -0.15) is 9.99 Å². The highest BCUT2D eigenvalue weighted by atomic mass is 16.5. The number of aromatic nitrogens is 2. The van der Waals surface area contributed by atoms with E-state index in [1.54, 1.807) is 36.4 Å². The van der Waals surface area contributed by atoms with Crippen molar-refractivity contribution in [2.75, 3.05) is 6.61 Å². The van der Waals surface area contributed by atoms with Gasteiger partial charge in [-0.25, -0.2) is 0 Å². The second-order valence-electron chi connectivity index (χ2n) is 7.49. The zero-order valence-corrected chi connectivity index (χ0v) is 17.8. The van der Waals surface area contributed by atoms with E-state index in [2.05, 4.69) is 15.6 Å². The minimum Gasteiger partial charge on any atom is -0.483 e. The Kier molecular flexibility index (Phi) is 5.57. The summed E-state index contributed by atoms with van der Waals surface area (Å²) in [6, 6.07) is 23.0. The number of imide groups is 1. The zero-order valence-electron chi connectivity index (χ0n) is 17.8. The number of hydrogen-bond donors (Lipinski definition) is 1. The number of carbonyl (C=O) groups is 3. The SMILES string of the molecule is O=C(COc1ccccc1-c1nc(Cc2ccccc2)no1)NN1C(=O)c2ccccc2C1=O. The number of benzene rings is 3. The van der Waals surface area contributed by atoms with Gasteiger partial charge < -0.3 is 9.26 Å². The number of ether oxygens (including phenoxy) is 1. The number of nitrogens with zero attached hydrogens (tertiary/aromatic N) is 3. The molecule has 5 rings (SSSR count). The van der Waals surface area contributed by atoms with Crippen molar-refractivity contribution in [3.8, 4) is 17.2 Å². The number of hydrazine groups is 1. The molecule has 2 heterocycles. The number of nitrogens with one attached hydrogen (secondary N) is 1. The fourth-order valence-electron chi connectivity index (χ4n) is 3.57. The molecule has 0 radical (unpaired) electrons. The Balaban J connectivity index is 1.25. The van der Waals surface area contributed by atoms with Crippen LogP contribution in [-0.4, -0.2) is 39.5 Å². The van der Waals surface area contributed by atoms with Gasteiger partial charge in [0.1, 0.15) is 5.75 Å². The number of carbonyl (C=O) groups excluding carboxylic acids is 3. The topological polar surface area (TPSA) is 115 Å². The van der Waals surface area contributed by atoms with Crippen LogP contribution in [0.1, 0.15) is 32.1 Å². The van der Waals surface area contributed by atoms with E-state index < -0.39 is 24.3 Å². The molecule has 1 aliphatic heterocycles. The van der Waals surface area contributed by atoms with Crippen molar-refractivity contribution in [2.24, 2.45) is 0 Å². The van der Waals surface area contributed by atoms with Gasteiger partial charge in [-0.3, -0.25) is 19.8 Å². The molecule has 0 spiro atoms. The lowest BCUT2D eigenvalue weighted by Gasteiger charge is -2.15. The monoisotopic (exact) mass is 454 g/mol. The minimum atomic E-state index is -0.667. The van der Waals surface area contributed by atoms with E-state index in [1.165, 1.54) is 12.1 Å². The number of para-hydroxylation sites is 1. The summed E-state index contributed by atoms with van der Waals surface area (Å²) in [7, 11) is 0. The van der Waals surface area contributed by atoms with Gasteiger partial charge >= 0.3 is 0 Å². The Morgan fingerprint density at radius 3 is 2.18 bits per heavy atom. The molecule has 9 heteroatoms. The maximum Gasteiger partial charge on any atom is 0.280 e. The number of hydrogen-bond acceptors (Lipinski definition) is 7. The predicted molar refractivity (Wildman–Crippen MR) is 120 cm³/mol. The first-order valence-corrected chi connectivity index (χ1v) is 10.5. The molecule has 9 nitrogen and oxygen atoms in total. The van der Waals surface area contributed by atoms with E-state index in [0.717, 1.165) is 5.56 Å². The standard InChI is InChI=1S/C25H18N4O5/c30-22(27-29-24(31)17-10-4-5-11-18(17)25(29)32)15-33-20-13-7-6-12-19(20)23-26-21(28-34-23)14-16-8-2-1-3-9-16/h1-13H,14-15H2,(H,27,30). The molecular weight excluding hydrogens is 436 g/mol. The molecule has 0 bridgehead atoms. The molecule has 1 aromatic heterocycles. The summed E-state index contributed by atoms with van der Waals surface area (Å²) >= 11 is 0. The second kappa shape index (κ2) is 8.99. The minimum absolute atomic E-state index is 0.238. The molecule has 3 amide bonds. The zero-order chi connectivity index (χ0) is 23.5. The van der Waals surface area contributed by atoms with Gasteiger partial charge in [0.15, 0.2) is 12.4 Å². The summed E-state index contributed by atoms with van der Waals surface area (Å²) in [6.07, 6.45) is 0.510. The van der Waals surface area contributed by atoms with Crippen molar-refractivity contribution >= 4 is 17.7 Å². The number of fused-ring (bicyclic) bond motifs is 1. The Labute approximate surface area is 193 Å². The normalized spacial score (nSPS) is 12.5. The number of rotatable bonds is 7. The lowest BCUT2D eigenvalue weighted by molar-refractivity contribution is -0.126. The van der Waals surface area contributed by atoms with E-state index in [9.17, 15) is 14.4 Å². The molecule has 0 fully saturated rings. The van der Waals surface area contributed by atoms with Crippen molar-refractivity contribution in [3.05, 3.63) is 101 Å². The summed E-state index contributed by atoms with van der Waals surface area (Å²) in [6.45, 7) is -0.435. The molecule has 0 aliphatic carbocycles. The van der Waals surface area contributed by atoms with Gasteiger partial charge in [0.2, 0.25) is 0 Å². The highest BCUT2D eigenvalue weighted by Crippen LogP contribution is 2.29. The maximum atomic E-state index is 12.4. The summed E-state index contributed by atoms with van der Waals surface area (Å²) in [5.74, 6) is -0.742. The van der Waals surface area contributed by atoms with Crippen LogP contribution in [0.2, 0.25) is 0 Å². The van der Waals surface area contributed by atoms with Gasteiger partial charge in [-0.05, 0) is 29.8 Å². The molecular formula is C25H18N4O5. The molecule has 3 aromatic carbocycles. The van der Waals surface area contributed by atoms with E-state index in [1.807, 2.05) is 30.3 Å². The largest absolute Gasteiger partial charge is 0.483 e. The van der Waals surface area contributed by atoms with Gasteiger partial charge in [0.05, 0.1) is 16.7 Å². The predicted octanol–water partition coefficient (Wildman–Crippen LogP) is 3.03. The molecule has 168 valence electrons. The fraction of sp³-hybridized carbons (Fsp3) is 0.0800. The van der Waals surface area contributed by atoms with Gasteiger partial charge in [0.25, 0.3) is 23.6 Å². The third-order valence-electron chi connectivity index (χ3n) is 5.18. The lowest BCUT2D eigenvalue weighted by Crippen LogP contribution is -2.47. The van der Waals surface area contributed by atoms with E-state index >= 15 is 0 Å². The Morgan fingerprint density at radius 1 is 0.853 bits per heavy atom. The van der Waals surface area contributed by atoms with Crippen LogP contribution in [0.4, 0.5) is 0 Å². The molecule has 34 heavy (non-hydrogen) atoms. The fourth-order valence-corrected chi connectivity index (χ4v) is 3.57. The third kappa shape index (κ3) is 4.14. The van der Waals surface area contributed by atoms with Crippen LogP contribution in [0, 0.1) is 0 Å². The first-order chi connectivity index (χ1) is 16.6. The summed E-state index contributed by atoms with van der Waals surface area (Å²) < 4.78 is 11.1. The molecule has 4 aromatic rings. The maximum absolute atomic E-state index is 12.4. The molecule has 1 aliphatic rings. The Morgan fingerprint density at radius 2 is 1.47 bits per heavy atom. The van der Waals surface area contributed by atoms with Crippen molar-refractivity contribution in [1.82, 2.24) is 20.6 Å². The Hall–Kier alpha value is -4.79. The van der Waals surface area contributed by atoms with Crippen LogP contribution >= 0.6 is 0 Å². The second-order valence-corrected chi connectivity index (χ2v) is 7.49. The van der Waals surface area contributed by atoms with E-state index in [-0.39, 0.29) is 17.0 Å². The third-order valence-corrected chi connectivity index (χ3v) is 5.18. The average molecular weight is 454 g/mol. The first-order valence-electron chi connectivity index (χ1n) is 10.5. The smallest absolute Gasteiger partial charge is 0.280 e. The van der Waals surface area contributed by atoms with Crippen LogP contribution in [-0.2, 0) is 11.2 Å².